The van der Waals surface area contributed by atoms with Crippen LogP contribution in [0.5, 0.6) is 5.75 Å². The van der Waals surface area contributed by atoms with Gasteiger partial charge in [0.05, 0.1) is 19.9 Å². The van der Waals surface area contributed by atoms with E-state index in [1.807, 2.05) is 49.4 Å². The molecule has 2 amide bonds. The van der Waals surface area contributed by atoms with Gasteiger partial charge in [-0.3, -0.25) is 4.79 Å². The molecule has 2 aromatic carbocycles. The summed E-state index contributed by atoms with van der Waals surface area (Å²) in [6, 6.07) is 12.6. The van der Waals surface area contributed by atoms with E-state index in [4.69, 9.17) is 9.47 Å². The number of hydrogen-bond acceptors (Lipinski definition) is 5. The van der Waals surface area contributed by atoms with E-state index in [0.717, 1.165) is 28.0 Å². The van der Waals surface area contributed by atoms with E-state index in [9.17, 15) is 9.59 Å². The quantitative estimate of drug-likeness (QED) is 0.471. The van der Waals surface area contributed by atoms with Crippen molar-refractivity contribution in [2.45, 2.75) is 46.1 Å². The molecule has 2 N–H and O–H groups in total. The van der Waals surface area contributed by atoms with Crippen molar-refractivity contribution in [3.8, 4) is 5.75 Å². The molecule has 166 valence electrons. The normalized spacial score (nSPS) is 11.9. The molecule has 0 saturated carbocycles. The maximum Gasteiger partial charge on any atom is 0.407 e. The Bertz CT molecular complexity index is 911. The minimum atomic E-state index is -0.818. The number of nitrogens with zero attached hydrogens (tertiary/aromatic N) is 1. The molecule has 0 fully saturated rings. The first-order chi connectivity index (χ1) is 14.8. The number of amides is 2. The van der Waals surface area contributed by atoms with Crippen molar-refractivity contribution in [2.24, 2.45) is 5.10 Å². The van der Waals surface area contributed by atoms with Gasteiger partial charge in [0, 0.05) is 6.42 Å². The van der Waals surface area contributed by atoms with Gasteiger partial charge in [0.1, 0.15) is 11.8 Å². The van der Waals surface area contributed by atoms with Crippen molar-refractivity contribution in [1.82, 2.24) is 10.7 Å². The Morgan fingerprint density at radius 3 is 2.48 bits per heavy atom. The molecule has 0 radical (unpaired) electrons. The highest BCUT2D eigenvalue weighted by atomic mass is 16.5. The van der Waals surface area contributed by atoms with Crippen LogP contribution in [0.25, 0.3) is 0 Å². The van der Waals surface area contributed by atoms with Gasteiger partial charge in [0.15, 0.2) is 0 Å². The molecular formula is C24H31N3O4. The first kappa shape index (κ1) is 23.9. The van der Waals surface area contributed by atoms with Crippen LogP contribution in [0, 0.1) is 6.92 Å². The van der Waals surface area contributed by atoms with E-state index in [1.54, 1.807) is 20.2 Å². The molecule has 0 aromatic heterocycles. The topological polar surface area (TPSA) is 89.0 Å². The number of ether oxygens (including phenoxy) is 2. The van der Waals surface area contributed by atoms with Gasteiger partial charge in [-0.05, 0) is 54.2 Å². The van der Waals surface area contributed by atoms with E-state index in [-0.39, 0.29) is 12.5 Å². The van der Waals surface area contributed by atoms with E-state index in [0.29, 0.717) is 6.42 Å². The molecule has 0 aliphatic heterocycles. The van der Waals surface area contributed by atoms with Crippen LogP contribution in [-0.2, 0) is 16.0 Å². The average molecular weight is 426 g/mol. The lowest BCUT2D eigenvalue weighted by atomic mass is 9.97. The minimum Gasteiger partial charge on any atom is -0.496 e. The SMILES string of the molecule is CCOC(=O)N[C@H](Cc1ccccc1)C(=O)N/N=C\c1cc(C(C)C)c(OC)cc1C. The van der Waals surface area contributed by atoms with Crippen LogP contribution >= 0.6 is 0 Å². The van der Waals surface area contributed by atoms with E-state index < -0.39 is 18.0 Å². The van der Waals surface area contributed by atoms with Crippen LogP contribution in [0.2, 0.25) is 0 Å². The second-order valence-electron chi connectivity index (χ2n) is 7.45. The summed E-state index contributed by atoms with van der Waals surface area (Å²) in [5, 5.41) is 6.72. The van der Waals surface area contributed by atoms with E-state index in [2.05, 4.69) is 29.7 Å². The zero-order valence-electron chi connectivity index (χ0n) is 18.8. The van der Waals surface area contributed by atoms with Crippen LogP contribution in [0.4, 0.5) is 4.79 Å². The van der Waals surface area contributed by atoms with E-state index >= 15 is 0 Å². The predicted molar refractivity (Wildman–Crippen MR) is 122 cm³/mol. The molecular weight excluding hydrogens is 394 g/mol. The molecule has 0 unspecified atom stereocenters. The lowest BCUT2D eigenvalue weighted by molar-refractivity contribution is -0.123. The largest absolute Gasteiger partial charge is 0.496 e. The molecule has 2 aromatic rings. The average Bonchev–Trinajstić information content (AvgIpc) is 2.74. The highest BCUT2D eigenvalue weighted by Crippen LogP contribution is 2.29. The second kappa shape index (κ2) is 11.7. The van der Waals surface area contributed by atoms with Crippen LogP contribution < -0.4 is 15.5 Å². The molecule has 0 bridgehead atoms. The third-order valence-electron chi connectivity index (χ3n) is 4.79. The van der Waals surface area contributed by atoms with Crippen LogP contribution in [0.1, 0.15) is 48.9 Å². The van der Waals surface area contributed by atoms with Crippen LogP contribution in [-0.4, -0.2) is 38.0 Å². The van der Waals surface area contributed by atoms with Crippen molar-refractivity contribution in [1.29, 1.82) is 0 Å². The number of hydrazone groups is 1. The monoisotopic (exact) mass is 425 g/mol. The van der Waals surface area contributed by atoms with Crippen LogP contribution in [0.3, 0.4) is 0 Å². The molecule has 2 rings (SSSR count). The number of nitrogens with one attached hydrogen (secondary N) is 2. The molecule has 0 aliphatic rings. The number of hydrogen-bond donors (Lipinski definition) is 2. The third-order valence-corrected chi connectivity index (χ3v) is 4.79. The smallest absolute Gasteiger partial charge is 0.407 e. The first-order valence-corrected chi connectivity index (χ1v) is 10.3. The van der Waals surface area contributed by atoms with Gasteiger partial charge in [0.25, 0.3) is 5.91 Å². The number of alkyl carbamates (subject to hydrolysis) is 1. The second-order valence-corrected chi connectivity index (χ2v) is 7.45. The summed E-state index contributed by atoms with van der Waals surface area (Å²) in [6.45, 7) is 8.06. The molecule has 0 spiro atoms. The van der Waals surface area contributed by atoms with E-state index in [1.165, 1.54) is 0 Å². The molecule has 31 heavy (non-hydrogen) atoms. The Morgan fingerprint density at radius 2 is 1.87 bits per heavy atom. The summed E-state index contributed by atoms with van der Waals surface area (Å²) in [5.74, 6) is 0.681. The fourth-order valence-electron chi connectivity index (χ4n) is 3.10. The Labute approximate surface area is 183 Å². The Balaban J connectivity index is 2.14. The molecule has 7 nitrogen and oxygen atoms in total. The summed E-state index contributed by atoms with van der Waals surface area (Å²) < 4.78 is 10.4. The highest BCUT2D eigenvalue weighted by Gasteiger charge is 2.21. The van der Waals surface area contributed by atoms with Crippen molar-refractivity contribution in [2.75, 3.05) is 13.7 Å². The molecule has 0 saturated heterocycles. The molecule has 7 heteroatoms. The molecule has 0 heterocycles. The zero-order chi connectivity index (χ0) is 22.8. The fourth-order valence-corrected chi connectivity index (χ4v) is 3.10. The number of methoxy groups -OCH3 is 1. The standard InChI is InChI=1S/C24H31N3O4/c1-6-31-24(29)26-21(13-18-10-8-7-9-11-18)23(28)27-25-15-19-14-20(16(2)3)22(30-5)12-17(19)4/h7-12,14-16,21H,6,13H2,1-5H3,(H,26,29)(H,27,28)/b25-15-/t21-/m1/s1. The fraction of sp³-hybridized carbons (Fsp3) is 0.375. The number of benzene rings is 2. The number of rotatable bonds is 9. The molecule has 1 atom stereocenters. The van der Waals surface area contributed by atoms with Gasteiger partial charge in [-0.1, -0.05) is 44.2 Å². The number of aryl methyl sites for hydroxylation is 1. The van der Waals surface area contributed by atoms with Gasteiger partial charge in [-0.2, -0.15) is 5.10 Å². The van der Waals surface area contributed by atoms with Gasteiger partial charge in [-0.25, -0.2) is 10.2 Å². The van der Waals surface area contributed by atoms with Crippen molar-refractivity contribution in [3.05, 3.63) is 64.7 Å². The lowest BCUT2D eigenvalue weighted by Gasteiger charge is -2.17. The predicted octanol–water partition coefficient (Wildman–Crippen LogP) is 3.93. The Morgan fingerprint density at radius 1 is 1.16 bits per heavy atom. The van der Waals surface area contributed by atoms with Crippen molar-refractivity contribution in [3.63, 3.8) is 0 Å². The lowest BCUT2D eigenvalue weighted by Crippen LogP contribution is -2.47. The summed E-state index contributed by atoms with van der Waals surface area (Å²) in [6.07, 6.45) is 1.28. The van der Waals surface area contributed by atoms with Crippen LogP contribution in [0.15, 0.2) is 47.6 Å². The number of carbonyl (C=O) groups excluding carboxylic acids is 2. The summed E-state index contributed by atoms with van der Waals surface area (Å²) in [7, 11) is 1.65. The third kappa shape index (κ3) is 7.13. The number of carbonyl (C=O) groups is 2. The highest BCUT2D eigenvalue weighted by molar-refractivity contribution is 5.88. The summed E-state index contributed by atoms with van der Waals surface area (Å²) in [5.41, 5.74) is 6.36. The van der Waals surface area contributed by atoms with Gasteiger partial charge < -0.3 is 14.8 Å². The maximum atomic E-state index is 12.7. The summed E-state index contributed by atoms with van der Waals surface area (Å²) in [4.78, 5) is 24.6. The van der Waals surface area contributed by atoms with Gasteiger partial charge in [0.2, 0.25) is 0 Å². The van der Waals surface area contributed by atoms with Gasteiger partial charge >= 0.3 is 6.09 Å². The Hall–Kier alpha value is -3.35. The summed E-state index contributed by atoms with van der Waals surface area (Å²) >= 11 is 0. The Kier molecular flexibility index (Phi) is 9.06. The van der Waals surface area contributed by atoms with Crippen molar-refractivity contribution >= 4 is 18.2 Å². The first-order valence-electron chi connectivity index (χ1n) is 10.3. The minimum absolute atomic E-state index is 0.221. The zero-order valence-corrected chi connectivity index (χ0v) is 18.8. The maximum absolute atomic E-state index is 12.7. The molecule has 0 aliphatic carbocycles. The van der Waals surface area contributed by atoms with Crippen molar-refractivity contribution < 1.29 is 19.1 Å². The van der Waals surface area contributed by atoms with Gasteiger partial charge in [-0.15, -0.1) is 0 Å².